The molecular weight excluding hydrogens is 372 g/mol. The van der Waals surface area contributed by atoms with Gasteiger partial charge in [-0.3, -0.25) is 9.78 Å². The van der Waals surface area contributed by atoms with E-state index in [0.29, 0.717) is 30.9 Å². The first-order valence-electron chi connectivity index (χ1n) is 8.49. The lowest BCUT2D eigenvalue weighted by Gasteiger charge is -2.30. The van der Waals surface area contributed by atoms with Crippen LogP contribution in [0.15, 0.2) is 29.0 Å². The summed E-state index contributed by atoms with van der Waals surface area (Å²) in [5.74, 6) is 0.378. The quantitative estimate of drug-likeness (QED) is 0.741. The maximum absolute atomic E-state index is 13.1. The maximum atomic E-state index is 13.1. The second kappa shape index (κ2) is 7.71. The van der Waals surface area contributed by atoms with Crippen molar-refractivity contribution in [3.8, 4) is 0 Å². The van der Waals surface area contributed by atoms with E-state index in [2.05, 4.69) is 15.1 Å². The standard InChI is InChI=1S/C16H22N6O4S/c1-12-18-15(26-19-12)14-11-21(27(24,25)20(2)3)8-5-9-22(14)16(23)13-6-4-7-17-10-13/h4,6-7,10,14H,5,8-9,11H2,1-3H3. The molecule has 1 saturated heterocycles. The predicted molar refractivity (Wildman–Crippen MR) is 95.8 cm³/mol. The van der Waals surface area contributed by atoms with Crippen molar-refractivity contribution in [2.24, 2.45) is 0 Å². The van der Waals surface area contributed by atoms with Gasteiger partial charge in [0.05, 0.1) is 5.56 Å². The van der Waals surface area contributed by atoms with Crippen LogP contribution in [0.4, 0.5) is 0 Å². The molecule has 1 unspecified atom stereocenters. The number of rotatable bonds is 4. The molecule has 0 saturated carbocycles. The van der Waals surface area contributed by atoms with Crippen LogP contribution >= 0.6 is 0 Å². The molecular formula is C16H22N6O4S. The molecule has 1 aliphatic heterocycles. The summed E-state index contributed by atoms with van der Waals surface area (Å²) in [6.45, 7) is 2.36. The van der Waals surface area contributed by atoms with Crippen LogP contribution in [0.1, 0.15) is 34.5 Å². The molecule has 1 aliphatic rings. The van der Waals surface area contributed by atoms with E-state index in [0.717, 1.165) is 4.31 Å². The summed E-state index contributed by atoms with van der Waals surface area (Å²) in [5, 5.41) is 3.80. The second-order valence-corrected chi connectivity index (χ2v) is 8.58. The largest absolute Gasteiger partial charge is 0.337 e. The van der Waals surface area contributed by atoms with Crippen LogP contribution in [0.2, 0.25) is 0 Å². The topological polar surface area (TPSA) is 113 Å². The van der Waals surface area contributed by atoms with E-state index in [1.54, 1.807) is 30.2 Å². The molecule has 2 aromatic rings. The molecule has 3 rings (SSSR count). The Hall–Kier alpha value is -2.37. The van der Waals surface area contributed by atoms with Crippen molar-refractivity contribution in [2.75, 3.05) is 33.7 Å². The fourth-order valence-electron chi connectivity index (χ4n) is 2.95. The Labute approximate surface area is 158 Å². The Bertz CT molecular complexity index is 899. The van der Waals surface area contributed by atoms with Crippen molar-refractivity contribution in [3.63, 3.8) is 0 Å². The summed E-state index contributed by atoms with van der Waals surface area (Å²) in [6.07, 6.45) is 3.56. The van der Waals surface area contributed by atoms with Gasteiger partial charge in [-0.25, -0.2) is 0 Å². The van der Waals surface area contributed by atoms with Crippen molar-refractivity contribution in [3.05, 3.63) is 41.8 Å². The van der Waals surface area contributed by atoms with E-state index in [1.807, 2.05) is 0 Å². The van der Waals surface area contributed by atoms with Gasteiger partial charge in [-0.1, -0.05) is 5.16 Å². The van der Waals surface area contributed by atoms with Crippen LogP contribution in [0.25, 0.3) is 0 Å². The predicted octanol–water partition coefficient (Wildman–Crippen LogP) is 0.469. The van der Waals surface area contributed by atoms with E-state index in [4.69, 9.17) is 4.52 Å². The first-order valence-corrected chi connectivity index (χ1v) is 9.89. The molecule has 0 aromatic carbocycles. The number of hydrogen-bond donors (Lipinski definition) is 0. The molecule has 0 radical (unpaired) electrons. The molecule has 10 nitrogen and oxygen atoms in total. The molecule has 146 valence electrons. The van der Waals surface area contributed by atoms with Crippen molar-refractivity contribution in [1.82, 2.24) is 28.6 Å². The number of carbonyl (C=O) groups is 1. The third-order valence-corrected chi connectivity index (χ3v) is 6.25. The maximum Gasteiger partial charge on any atom is 0.281 e. The summed E-state index contributed by atoms with van der Waals surface area (Å²) in [5.41, 5.74) is 0.419. The Morgan fingerprint density at radius 3 is 2.70 bits per heavy atom. The average molecular weight is 394 g/mol. The molecule has 0 spiro atoms. The highest BCUT2D eigenvalue weighted by molar-refractivity contribution is 7.86. The monoisotopic (exact) mass is 394 g/mol. The van der Waals surface area contributed by atoms with Crippen LogP contribution in [-0.2, 0) is 10.2 Å². The summed E-state index contributed by atoms with van der Waals surface area (Å²) in [7, 11) is -0.691. The van der Waals surface area contributed by atoms with Gasteiger partial charge in [0.15, 0.2) is 5.82 Å². The Morgan fingerprint density at radius 1 is 1.33 bits per heavy atom. The molecule has 1 atom stereocenters. The Morgan fingerprint density at radius 2 is 2.11 bits per heavy atom. The van der Waals surface area contributed by atoms with Gasteiger partial charge in [-0.05, 0) is 25.5 Å². The number of aromatic nitrogens is 3. The smallest absolute Gasteiger partial charge is 0.281 e. The second-order valence-electron chi connectivity index (χ2n) is 6.44. The van der Waals surface area contributed by atoms with Crippen molar-refractivity contribution < 1.29 is 17.7 Å². The summed E-state index contributed by atoms with van der Waals surface area (Å²) in [6, 6.07) is 2.67. The van der Waals surface area contributed by atoms with E-state index < -0.39 is 16.3 Å². The first-order chi connectivity index (χ1) is 12.8. The lowest BCUT2D eigenvalue weighted by molar-refractivity contribution is 0.0647. The van der Waals surface area contributed by atoms with Crippen molar-refractivity contribution >= 4 is 16.1 Å². The summed E-state index contributed by atoms with van der Waals surface area (Å²) >= 11 is 0. The molecule has 2 aromatic heterocycles. The minimum absolute atomic E-state index is 0.0359. The lowest BCUT2D eigenvalue weighted by atomic mass is 10.2. The SMILES string of the molecule is Cc1noc(C2CN(S(=O)(=O)N(C)C)CCCN2C(=O)c2cccnc2)n1. The van der Waals surface area contributed by atoms with Gasteiger partial charge in [0.2, 0.25) is 0 Å². The van der Waals surface area contributed by atoms with Gasteiger partial charge in [-0.15, -0.1) is 0 Å². The van der Waals surface area contributed by atoms with Gasteiger partial charge >= 0.3 is 0 Å². The number of carbonyl (C=O) groups excluding carboxylic acids is 1. The molecule has 27 heavy (non-hydrogen) atoms. The molecule has 3 heterocycles. The normalized spacial score (nSPS) is 19.3. The zero-order valence-corrected chi connectivity index (χ0v) is 16.3. The molecule has 1 amide bonds. The highest BCUT2D eigenvalue weighted by Gasteiger charge is 2.38. The van der Waals surface area contributed by atoms with Gasteiger partial charge in [0.1, 0.15) is 6.04 Å². The van der Waals surface area contributed by atoms with Crippen LogP contribution in [-0.4, -0.2) is 76.7 Å². The highest BCUT2D eigenvalue weighted by Crippen LogP contribution is 2.27. The van der Waals surface area contributed by atoms with Crippen molar-refractivity contribution in [1.29, 1.82) is 0 Å². The highest BCUT2D eigenvalue weighted by atomic mass is 32.2. The number of nitrogens with zero attached hydrogens (tertiary/aromatic N) is 6. The Kier molecular flexibility index (Phi) is 5.53. The average Bonchev–Trinajstić information content (AvgIpc) is 2.95. The molecule has 0 bridgehead atoms. The van der Waals surface area contributed by atoms with Crippen LogP contribution in [0.3, 0.4) is 0 Å². The third kappa shape index (κ3) is 3.99. The molecule has 11 heteroatoms. The Balaban J connectivity index is 1.98. The van der Waals surface area contributed by atoms with Crippen LogP contribution < -0.4 is 0 Å². The van der Waals surface area contributed by atoms with Gasteiger partial charge < -0.3 is 9.42 Å². The zero-order chi connectivity index (χ0) is 19.6. The number of hydrogen-bond acceptors (Lipinski definition) is 7. The lowest BCUT2D eigenvalue weighted by Crippen LogP contribution is -2.44. The van der Waals surface area contributed by atoms with Gasteiger partial charge in [0.25, 0.3) is 22.0 Å². The van der Waals surface area contributed by atoms with Gasteiger partial charge in [0, 0.05) is 46.1 Å². The number of aryl methyl sites for hydroxylation is 1. The molecule has 0 aliphatic carbocycles. The minimum atomic E-state index is -3.64. The van der Waals surface area contributed by atoms with Gasteiger partial charge in [-0.2, -0.15) is 22.0 Å². The van der Waals surface area contributed by atoms with E-state index in [9.17, 15) is 13.2 Å². The number of amides is 1. The number of pyridine rings is 1. The van der Waals surface area contributed by atoms with E-state index in [1.165, 1.54) is 24.6 Å². The fourth-order valence-corrected chi connectivity index (χ4v) is 4.11. The van der Waals surface area contributed by atoms with E-state index in [-0.39, 0.29) is 18.3 Å². The summed E-state index contributed by atoms with van der Waals surface area (Å²) in [4.78, 5) is 22.9. The zero-order valence-electron chi connectivity index (χ0n) is 15.4. The van der Waals surface area contributed by atoms with Crippen molar-refractivity contribution in [2.45, 2.75) is 19.4 Å². The molecule has 0 N–H and O–H groups in total. The third-order valence-electron chi connectivity index (χ3n) is 4.34. The van der Waals surface area contributed by atoms with Crippen LogP contribution in [0.5, 0.6) is 0 Å². The fraction of sp³-hybridized carbons (Fsp3) is 0.500. The van der Waals surface area contributed by atoms with E-state index >= 15 is 0 Å². The summed E-state index contributed by atoms with van der Waals surface area (Å²) < 4.78 is 33.1. The molecule has 1 fully saturated rings. The minimum Gasteiger partial charge on any atom is -0.337 e. The first kappa shape index (κ1) is 19.4. The van der Waals surface area contributed by atoms with Crippen LogP contribution in [0, 0.1) is 6.92 Å².